The summed E-state index contributed by atoms with van der Waals surface area (Å²) in [5, 5.41) is 4.98. The molecule has 0 fully saturated rings. The summed E-state index contributed by atoms with van der Waals surface area (Å²) in [5.41, 5.74) is 7.04. The molecule has 6 heteroatoms. The summed E-state index contributed by atoms with van der Waals surface area (Å²) < 4.78 is 2.41. The monoisotopic (exact) mass is 316 g/mol. The van der Waals surface area contributed by atoms with Gasteiger partial charge in [0.2, 0.25) is 0 Å². The number of carbonyl (C=O) groups excluding carboxylic acids is 1. The van der Waals surface area contributed by atoms with Crippen LogP contribution in [0.2, 0.25) is 0 Å². The van der Waals surface area contributed by atoms with E-state index in [0.717, 1.165) is 10.2 Å². The standard InChI is InChI=1S/C13H9BrN4O/c14-8-3-1-4-9(7-8)18-11(12(15)19)10-5-2-6-16-13(10)17-18/h1-7H,(H2,15,19). The third-order valence-corrected chi connectivity index (χ3v) is 3.23. The lowest BCUT2D eigenvalue weighted by Crippen LogP contribution is -2.17. The van der Waals surface area contributed by atoms with Crippen LogP contribution in [0, 0.1) is 0 Å². The smallest absolute Gasteiger partial charge is 0.268 e. The lowest BCUT2D eigenvalue weighted by atomic mass is 10.2. The van der Waals surface area contributed by atoms with E-state index in [9.17, 15) is 4.79 Å². The van der Waals surface area contributed by atoms with Crippen molar-refractivity contribution in [2.75, 3.05) is 0 Å². The van der Waals surface area contributed by atoms with Gasteiger partial charge in [0, 0.05) is 10.7 Å². The van der Waals surface area contributed by atoms with Crippen molar-refractivity contribution < 1.29 is 4.79 Å². The van der Waals surface area contributed by atoms with Crippen molar-refractivity contribution >= 4 is 32.9 Å². The first-order chi connectivity index (χ1) is 9.16. The number of hydrogen-bond donors (Lipinski definition) is 1. The number of aromatic nitrogens is 3. The van der Waals surface area contributed by atoms with Gasteiger partial charge in [0.25, 0.3) is 5.91 Å². The highest BCUT2D eigenvalue weighted by Gasteiger charge is 2.17. The van der Waals surface area contributed by atoms with E-state index in [-0.39, 0.29) is 0 Å². The number of rotatable bonds is 2. The molecule has 3 aromatic rings. The average Bonchev–Trinajstić information content (AvgIpc) is 2.78. The van der Waals surface area contributed by atoms with Gasteiger partial charge in [-0.3, -0.25) is 4.79 Å². The Kier molecular flexibility index (Phi) is 2.79. The zero-order valence-corrected chi connectivity index (χ0v) is 11.3. The van der Waals surface area contributed by atoms with E-state index in [0.29, 0.717) is 16.7 Å². The molecule has 0 radical (unpaired) electrons. The van der Waals surface area contributed by atoms with Crippen molar-refractivity contribution in [3.8, 4) is 5.69 Å². The van der Waals surface area contributed by atoms with Gasteiger partial charge in [-0.15, -0.1) is 5.10 Å². The predicted molar refractivity (Wildman–Crippen MR) is 75.1 cm³/mol. The minimum Gasteiger partial charge on any atom is -0.364 e. The second-order valence-corrected chi connectivity index (χ2v) is 4.89. The second kappa shape index (κ2) is 4.47. The zero-order valence-electron chi connectivity index (χ0n) is 9.75. The molecular weight excluding hydrogens is 308 g/mol. The number of benzene rings is 1. The minimum atomic E-state index is -0.532. The first kappa shape index (κ1) is 11.9. The Bertz CT molecular complexity index is 781. The molecule has 0 saturated carbocycles. The van der Waals surface area contributed by atoms with Crippen LogP contribution in [0.5, 0.6) is 0 Å². The molecule has 5 nitrogen and oxygen atoms in total. The Hall–Kier alpha value is -2.21. The summed E-state index contributed by atoms with van der Waals surface area (Å²) in [4.78, 5) is 15.8. The van der Waals surface area contributed by atoms with Crippen molar-refractivity contribution in [1.29, 1.82) is 0 Å². The van der Waals surface area contributed by atoms with Crippen molar-refractivity contribution in [2.45, 2.75) is 0 Å². The second-order valence-electron chi connectivity index (χ2n) is 3.98. The topological polar surface area (TPSA) is 73.8 Å². The maximum Gasteiger partial charge on any atom is 0.268 e. The lowest BCUT2D eigenvalue weighted by molar-refractivity contribution is 0.0994. The number of pyridine rings is 1. The zero-order chi connectivity index (χ0) is 13.4. The van der Waals surface area contributed by atoms with E-state index in [1.54, 1.807) is 18.3 Å². The summed E-state index contributed by atoms with van der Waals surface area (Å²) in [6.07, 6.45) is 1.63. The van der Waals surface area contributed by atoms with E-state index in [1.165, 1.54) is 4.68 Å². The Balaban J connectivity index is 2.34. The van der Waals surface area contributed by atoms with Gasteiger partial charge in [0.05, 0.1) is 11.1 Å². The molecule has 2 aromatic heterocycles. The number of nitrogens with two attached hydrogens (primary N) is 1. The summed E-state index contributed by atoms with van der Waals surface area (Å²) in [6.45, 7) is 0. The molecule has 1 amide bonds. The molecule has 2 heterocycles. The van der Waals surface area contributed by atoms with Crippen molar-refractivity contribution in [1.82, 2.24) is 14.8 Å². The van der Waals surface area contributed by atoms with Crippen molar-refractivity contribution in [2.24, 2.45) is 5.73 Å². The fraction of sp³-hybridized carbons (Fsp3) is 0. The Labute approximate surface area is 117 Å². The Morgan fingerprint density at radius 2 is 2.11 bits per heavy atom. The van der Waals surface area contributed by atoms with Gasteiger partial charge >= 0.3 is 0 Å². The normalized spacial score (nSPS) is 10.8. The minimum absolute atomic E-state index is 0.334. The van der Waals surface area contributed by atoms with E-state index >= 15 is 0 Å². The average molecular weight is 317 g/mol. The molecule has 0 saturated heterocycles. The quantitative estimate of drug-likeness (QED) is 0.788. The summed E-state index contributed by atoms with van der Waals surface area (Å²) in [7, 11) is 0. The van der Waals surface area contributed by atoms with E-state index < -0.39 is 5.91 Å². The molecule has 0 aliphatic heterocycles. The number of nitrogens with zero attached hydrogens (tertiary/aromatic N) is 3. The highest BCUT2D eigenvalue weighted by Crippen LogP contribution is 2.21. The predicted octanol–water partition coefficient (Wildman–Crippen LogP) is 2.28. The van der Waals surface area contributed by atoms with Crippen LogP contribution in [-0.2, 0) is 0 Å². The molecule has 0 spiro atoms. The van der Waals surface area contributed by atoms with E-state index in [1.807, 2.05) is 24.3 Å². The molecule has 0 atom stereocenters. The van der Waals surface area contributed by atoms with Gasteiger partial charge < -0.3 is 5.73 Å². The molecule has 0 unspecified atom stereocenters. The summed E-state index contributed by atoms with van der Waals surface area (Å²) in [6, 6.07) is 11.0. The van der Waals surface area contributed by atoms with Crippen LogP contribution in [0.25, 0.3) is 16.7 Å². The van der Waals surface area contributed by atoms with Gasteiger partial charge in [-0.1, -0.05) is 22.0 Å². The number of hydrogen-bond acceptors (Lipinski definition) is 3. The Morgan fingerprint density at radius 3 is 2.84 bits per heavy atom. The van der Waals surface area contributed by atoms with Crippen molar-refractivity contribution in [3.63, 3.8) is 0 Å². The van der Waals surface area contributed by atoms with Gasteiger partial charge in [0.1, 0.15) is 5.69 Å². The molecular formula is C13H9BrN4O. The maximum absolute atomic E-state index is 11.7. The maximum atomic E-state index is 11.7. The fourth-order valence-corrected chi connectivity index (χ4v) is 2.34. The molecule has 0 aliphatic rings. The first-order valence-corrected chi connectivity index (χ1v) is 6.35. The van der Waals surface area contributed by atoms with Gasteiger partial charge in [-0.05, 0) is 30.3 Å². The third-order valence-electron chi connectivity index (χ3n) is 2.73. The largest absolute Gasteiger partial charge is 0.364 e. The number of carbonyl (C=O) groups is 1. The van der Waals surface area contributed by atoms with Crippen LogP contribution in [0.3, 0.4) is 0 Å². The van der Waals surface area contributed by atoms with Gasteiger partial charge in [-0.25, -0.2) is 9.67 Å². The summed E-state index contributed by atoms with van der Waals surface area (Å²) >= 11 is 3.39. The van der Waals surface area contributed by atoms with Gasteiger partial charge in [0.15, 0.2) is 5.65 Å². The summed E-state index contributed by atoms with van der Waals surface area (Å²) in [5.74, 6) is -0.532. The molecule has 2 N–H and O–H groups in total. The van der Waals surface area contributed by atoms with Crippen LogP contribution < -0.4 is 5.73 Å². The van der Waals surface area contributed by atoms with Crippen LogP contribution in [0.4, 0.5) is 0 Å². The highest BCUT2D eigenvalue weighted by molar-refractivity contribution is 9.10. The fourth-order valence-electron chi connectivity index (χ4n) is 1.95. The number of halogens is 1. The van der Waals surface area contributed by atoms with E-state index in [4.69, 9.17) is 5.73 Å². The van der Waals surface area contributed by atoms with Gasteiger partial charge in [-0.2, -0.15) is 0 Å². The molecule has 1 aromatic carbocycles. The molecule has 3 rings (SSSR count). The molecule has 0 aliphatic carbocycles. The molecule has 94 valence electrons. The van der Waals surface area contributed by atoms with Crippen LogP contribution in [0.15, 0.2) is 47.1 Å². The highest BCUT2D eigenvalue weighted by atomic mass is 79.9. The first-order valence-electron chi connectivity index (χ1n) is 5.56. The number of primary amides is 1. The van der Waals surface area contributed by atoms with E-state index in [2.05, 4.69) is 26.0 Å². The third kappa shape index (κ3) is 2.00. The Morgan fingerprint density at radius 1 is 1.26 bits per heavy atom. The number of amides is 1. The molecule has 0 bridgehead atoms. The van der Waals surface area contributed by atoms with Crippen LogP contribution in [0.1, 0.15) is 10.5 Å². The SMILES string of the molecule is NC(=O)c1c2cccnc2nn1-c1cccc(Br)c1. The van der Waals surface area contributed by atoms with Crippen LogP contribution >= 0.6 is 15.9 Å². The van der Waals surface area contributed by atoms with Crippen LogP contribution in [-0.4, -0.2) is 20.7 Å². The lowest BCUT2D eigenvalue weighted by Gasteiger charge is -2.05. The van der Waals surface area contributed by atoms with Crippen molar-refractivity contribution in [3.05, 3.63) is 52.8 Å². The molecule has 19 heavy (non-hydrogen) atoms. The number of fused-ring (bicyclic) bond motifs is 1.